The van der Waals surface area contributed by atoms with Crippen molar-refractivity contribution in [3.05, 3.63) is 34.1 Å². The second-order valence-electron chi connectivity index (χ2n) is 5.78. The Bertz CT molecular complexity index is 458. The Kier molecular flexibility index (Phi) is 6.20. The molecule has 1 saturated carbocycles. The van der Waals surface area contributed by atoms with Crippen LogP contribution < -0.4 is 5.32 Å². The molecule has 1 aliphatic rings. The fourth-order valence-corrected chi connectivity index (χ4v) is 3.96. The van der Waals surface area contributed by atoms with E-state index in [0.717, 1.165) is 25.7 Å². The molecule has 1 fully saturated rings. The topological polar surface area (TPSA) is 21.3 Å². The summed E-state index contributed by atoms with van der Waals surface area (Å²) < 4.78 is 21.3. The summed E-state index contributed by atoms with van der Waals surface area (Å²) in [6.07, 6.45) is 6.75. The van der Waals surface area contributed by atoms with Crippen LogP contribution in [0.2, 0.25) is 0 Å². The maximum atomic E-state index is 14.6. The lowest BCUT2D eigenvalue weighted by Crippen LogP contribution is -2.45. The van der Waals surface area contributed by atoms with Crippen molar-refractivity contribution in [2.45, 2.75) is 57.1 Å². The summed E-state index contributed by atoms with van der Waals surface area (Å²) in [5.41, 5.74) is 0.393. The third kappa shape index (κ3) is 3.66. The highest BCUT2D eigenvalue weighted by Gasteiger charge is 2.41. The van der Waals surface area contributed by atoms with Gasteiger partial charge in [0.25, 0.3) is 0 Å². The van der Waals surface area contributed by atoms with E-state index in [4.69, 9.17) is 4.74 Å². The highest BCUT2D eigenvalue weighted by atomic mass is 79.9. The van der Waals surface area contributed by atoms with Gasteiger partial charge in [0.15, 0.2) is 0 Å². The van der Waals surface area contributed by atoms with Crippen LogP contribution >= 0.6 is 15.9 Å². The molecule has 0 spiro atoms. The zero-order valence-corrected chi connectivity index (χ0v) is 14.5. The summed E-state index contributed by atoms with van der Waals surface area (Å²) in [6, 6.07) is 5.38. The maximum Gasteiger partial charge on any atom is 0.142 e. The molecule has 1 N–H and O–H groups in total. The first kappa shape index (κ1) is 16.9. The number of hydrogen-bond donors (Lipinski definition) is 1. The molecule has 0 aliphatic heterocycles. The minimum atomic E-state index is -0.304. The van der Waals surface area contributed by atoms with Gasteiger partial charge in [-0.05, 0) is 48.8 Å². The van der Waals surface area contributed by atoms with E-state index >= 15 is 0 Å². The molecule has 1 aromatic carbocycles. The molecule has 1 aliphatic carbocycles. The van der Waals surface area contributed by atoms with Crippen LogP contribution in [0.5, 0.6) is 0 Å². The summed E-state index contributed by atoms with van der Waals surface area (Å²) in [7, 11) is 1.90. The molecule has 0 aromatic heterocycles. The molecule has 1 unspecified atom stereocenters. The third-order valence-corrected chi connectivity index (χ3v) is 5.10. The molecule has 2 rings (SSSR count). The Morgan fingerprint density at radius 3 is 2.52 bits per heavy atom. The predicted octanol–water partition coefficient (Wildman–Crippen LogP) is 4.98. The maximum absolute atomic E-state index is 14.6. The van der Waals surface area contributed by atoms with Crippen molar-refractivity contribution in [2.24, 2.45) is 0 Å². The number of ether oxygens (including phenoxy) is 1. The van der Waals surface area contributed by atoms with Gasteiger partial charge in [-0.15, -0.1) is 0 Å². The van der Waals surface area contributed by atoms with Crippen molar-refractivity contribution in [3.8, 4) is 0 Å². The van der Waals surface area contributed by atoms with Gasteiger partial charge in [0, 0.05) is 12.2 Å². The van der Waals surface area contributed by atoms with E-state index in [0.29, 0.717) is 16.6 Å². The third-order valence-electron chi connectivity index (χ3n) is 4.49. The lowest BCUT2D eigenvalue weighted by atomic mass is 9.82. The van der Waals surface area contributed by atoms with Gasteiger partial charge in [-0.1, -0.05) is 37.8 Å². The van der Waals surface area contributed by atoms with Crippen molar-refractivity contribution < 1.29 is 9.13 Å². The Morgan fingerprint density at radius 2 is 1.95 bits per heavy atom. The first-order valence-corrected chi connectivity index (χ1v) is 8.69. The average molecular weight is 358 g/mol. The molecule has 0 amide bonds. The predicted molar refractivity (Wildman–Crippen MR) is 88.0 cm³/mol. The van der Waals surface area contributed by atoms with Crippen LogP contribution in [0.15, 0.2) is 22.7 Å². The molecule has 0 radical (unpaired) electrons. The summed E-state index contributed by atoms with van der Waals surface area (Å²) in [4.78, 5) is 0. The number of hydrogen-bond acceptors (Lipinski definition) is 2. The van der Waals surface area contributed by atoms with Gasteiger partial charge >= 0.3 is 0 Å². The van der Waals surface area contributed by atoms with Crippen molar-refractivity contribution in [3.63, 3.8) is 0 Å². The van der Waals surface area contributed by atoms with Crippen LogP contribution in [0.4, 0.5) is 4.39 Å². The van der Waals surface area contributed by atoms with E-state index in [1.165, 1.54) is 12.8 Å². The molecular formula is C17H25BrFNO. The number of halogens is 2. The van der Waals surface area contributed by atoms with Gasteiger partial charge in [0.1, 0.15) is 5.82 Å². The lowest BCUT2D eigenvalue weighted by molar-refractivity contribution is -0.0773. The lowest BCUT2D eigenvalue weighted by Gasteiger charge is -2.40. The summed E-state index contributed by atoms with van der Waals surface area (Å²) >= 11 is 3.30. The van der Waals surface area contributed by atoms with Crippen molar-refractivity contribution >= 4 is 15.9 Å². The van der Waals surface area contributed by atoms with Crippen LogP contribution in [0.25, 0.3) is 0 Å². The van der Waals surface area contributed by atoms with Gasteiger partial charge in [0.2, 0.25) is 0 Å². The molecule has 2 nitrogen and oxygen atoms in total. The highest BCUT2D eigenvalue weighted by molar-refractivity contribution is 9.10. The minimum Gasteiger partial charge on any atom is -0.373 e. The van der Waals surface area contributed by atoms with Crippen molar-refractivity contribution in [2.75, 3.05) is 13.7 Å². The first-order chi connectivity index (χ1) is 10.1. The molecule has 21 heavy (non-hydrogen) atoms. The van der Waals surface area contributed by atoms with Gasteiger partial charge in [0.05, 0.1) is 16.1 Å². The van der Waals surface area contributed by atoms with Gasteiger partial charge in [-0.2, -0.15) is 0 Å². The second kappa shape index (κ2) is 7.70. The second-order valence-corrected chi connectivity index (χ2v) is 6.63. The average Bonchev–Trinajstić information content (AvgIpc) is 2.71. The Balaban J connectivity index is 2.41. The van der Waals surface area contributed by atoms with E-state index in [2.05, 4.69) is 21.2 Å². The SMILES string of the molecule is CCOC1(C(NC)c2cccc(Br)c2F)CCCCCC1. The fourth-order valence-electron chi connectivity index (χ4n) is 3.58. The molecular weight excluding hydrogens is 333 g/mol. The van der Waals surface area contributed by atoms with Crippen molar-refractivity contribution in [1.82, 2.24) is 5.32 Å². The van der Waals surface area contributed by atoms with Crippen LogP contribution in [0, 0.1) is 5.82 Å². The quantitative estimate of drug-likeness (QED) is 0.750. The van der Waals surface area contributed by atoms with E-state index in [9.17, 15) is 4.39 Å². The van der Waals surface area contributed by atoms with Crippen LogP contribution in [0.1, 0.15) is 57.1 Å². The highest BCUT2D eigenvalue weighted by Crippen LogP contribution is 2.41. The first-order valence-electron chi connectivity index (χ1n) is 7.90. The molecule has 1 atom stereocenters. The number of nitrogens with one attached hydrogen (secondary N) is 1. The molecule has 1 aromatic rings. The molecule has 118 valence electrons. The normalized spacial score (nSPS) is 20.0. The monoisotopic (exact) mass is 357 g/mol. The van der Waals surface area contributed by atoms with Gasteiger partial charge < -0.3 is 10.1 Å². The van der Waals surface area contributed by atoms with Gasteiger partial charge in [-0.25, -0.2) is 4.39 Å². The Morgan fingerprint density at radius 1 is 1.29 bits per heavy atom. The fraction of sp³-hybridized carbons (Fsp3) is 0.647. The summed E-state index contributed by atoms with van der Waals surface area (Å²) in [5.74, 6) is -0.180. The van der Waals surface area contributed by atoms with Crippen molar-refractivity contribution in [1.29, 1.82) is 0 Å². The minimum absolute atomic E-state index is 0.118. The molecule has 4 heteroatoms. The van der Waals surface area contributed by atoms with E-state index < -0.39 is 0 Å². The van der Waals surface area contributed by atoms with E-state index in [1.807, 2.05) is 26.1 Å². The van der Waals surface area contributed by atoms with E-state index in [-0.39, 0.29) is 17.5 Å². The Labute approximate surface area is 135 Å². The largest absolute Gasteiger partial charge is 0.373 e. The molecule has 0 bridgehead atoms. The van der Waals surface area contributed by atoms with Crippen LogP contribution in [0.3, 0.4) is 0 Å². The Hall–Kier alpha value is -0.450. The zero-order chi connectivity index (χ0) is 15.3. The van der Waals surface area contributed by atoms with Gasteiger partial charge in [-0.3, -0.25) is 0 Å². The van der Waals surface area contributed by atoms with E-state index in [1.54, 1.807) is 6.07 Å². The van der Waals surface area contributed by atoms with Crippen LogP contribution in [-0.2, 0) is 4.74 Å². The molecule has 0 saturated heterocycles. The van der Waals surface area contributed by atoms with Crippen LogP contribution in [-0.4, -0.2) is 19.3 Å². The number of rotatable bonds is 5. The smallest absolute Gasteiger partial charge is 0.142 e. The zero-order valence-electron chi connectivity index (χ0n) is 12.9. The summed E-state index contributed by atoms with van der Waals surface area (Å²) in [5, 5.41) is 3.32. The standard InChI is InChI=1S/C17H25BrFNO/c1-3-21-17(11-6-4-5-7-12-17)16(20-2)13-9-8-10-14(18)15(13)19/h8-10,16,20H,3-7,11-12H2,1-2H3. The molecule has 0 heterocycles. The number of likely N-dealkylation sites (N-methyl/N-ethyl adjacent to an activating group) is 1. The number of benzene rings is 1. The summed E-state index contributed by atoms with van der Waals surface area (Å²) in [6.45, 7) is 2.68.